The van der Waals surface area contributed by atoms with Crippen molar-refractivity contribution in [3.8, 4) is 5.75 Å². The maximum Gasteiger partial charge on any atom is 0.337 e. The van der Waals surface area contributed by atoms with Crippen LogP contribution in [0.15, 0.2) is 0 Å². The summed E-state index contributed by atoms with van der Waals surface area (Å²) in [6, 6.07) is 0. The van der Waals surface area contributed by atoms with Crippen LogP contribution in [0.3, 0.4) is 0 Å². The van der Waals surface area contributed by atoms with Crippen LogP contribution in [0.1, 0.15) is 0 Å². The highest BCUT2D eigenvalue weighted by Crippen LogP contribution is 2.28. The fraction of sp³-hybridized carbons (Fsp3) is 0.125. The molecular formula is C8H3F5O3. The van der Waals surface area contributed by atoms with Gasteiger partial charge in [0.15, 0.2) is 0 Å². The summed E-state index contributed by atoms with van der Waals surface area (Å²) >= 11 is 0. The van der Waals surface area contributed by atoms with Gasteiger partial charge in [0.25, 0.3) is 0 Å². The number of rotatable bonds is 2. The molecule has 0 saturated carbocycles. The Hall–Kier alpha value is -1.70. The molecule has 1 rings (SSSR count). The van der Waals surface area contributed by atoms with Gasteiger partial charge in [0.2, 0.25) is 34.8 Å². The molecule has 8 heteroatoms. The average Bonchev–Trinajstić information content (AvgIpc) is 2.29. The Morgan fingerprint density at radius 3 is 1.69 bits per heavy atom. The zero-order valence-electron chi connectivity index (χ0n) is 7.36. The summed E-state index contributed by atoms with van der Waals surface area (Å²) in [4.78, 5) is 10.4. The molecule has 0 unspecified atom stereocenters. The fourth-order valence-electron chi connectivity index (χ4n) is 0.820. The van der Waals surface area contributed by atoms with Crippen LogP contribution in [-0.4, -0.2) is 17.7 Å². The molecule has 0 aliphatic carbocycles. The molecule has 1 aromatic rings. The summed E-state index contributed by atoms with van der Waals surface area (Å²) in [5, 5.41) is 8.19. The van der Waals surface area contributed by atoms with E-state index in [2.05, 4.69) is 4.74 Å². The van der Waals surface area contributed by atoms with Crippen LogP contribution in [0.5, 0.6) is 5.75 Å². The van der Waals surface area contributed by atoms with Gasteiger partial charge < -0.3 is 9.84 Å². The molecule has 88 valence electrons. The Balaban J connectivity index is 3.34. The van der Waals surface area contributed by atoms with E-state index in [0.717, 1.165) is 0 Å². The second kappa shape index (κ2) is 4.44. The van der Waals surface area contributed by atoms with Gasteiger partial charge in [0.1, 0.15) is 6.61 Å². The normalized spacial score (nSPS) is 10.4. The van der Waals surface area contributed by atoms with Crippen LogP contribution in [0.2, 0.25) is 0 Å². The highest BCUT2D eigenvalue weighted by atomic mass is 19.2. The molecule has 0 heterocycles. The Labute approximate surface area is 85.1 Å². The maximum atomic E-state index is 12.8. The number of esters is 1. The van der Waals surface area contributed by atoms with Crippen LogP contribution >= 0.6 is 0 Å². The number of ether oxygens (including phenoxy) is 1. The summed E-state index contributed by atoms with van der Waals surface area (Å²) in [6.45, 7) is -1.26. The number of hydrogen-bond donors (Lipinski definition) is 1. The Morgan fingerprint density at radius 2 is 1.31 bits per heavy atom. The van der Waals surface area contributed by atoms with Gasteiger partial charge in [-0.3, -0.25) is 0 Å². The van der Waals surface area contributed by atoms with Crippen molar-refractivity contribution < 1.29 is 36.6 Å². The van der Waals surface area contributed by atoms with Crippen LogP contribution in [0, 0.1) is 29.1 Å². The summed E-state index contributed by atoms with van der Waals surface area (Å²) in [5.41, 5.74) is 0. The lowest BCUT2D eigenvalue weighted by Gasteiger charge is -2.07. The monoisotopic (exact) mass is 242 g/mol. The number of carbonyl (C=O) groups is 1. The van der Waals surface area contributed by atoms with E-state index >= 15 is 0 Å². The molecule has 0 bridgehead atoms. The summed E-state index contributed by atoms with van der Waals surface area (Å²) < 4.78 is 67.0. The van der Waals surface area contributed by atoms with Crippen LogP contribution in [0.25, 0.3) is 0 Å². The molecule has 0 aliphatic rings. The van der Waals surface area contributed by atoms with Gasteiger partial charge >= 0.3 is 5.97 Å². The van der Waals surface area contributed by atoms with Crippen LogP contribution in [0.4, 0.5) is 22.0 Å². The largest absolute Gasteiger partial charge is 0.418 e. The molecule has 16 heavy (non-hydrogen) atoms. The standard InChI is InChI=1S/C8H3F5O3/c9-3-4(10)6(12)8(7(13)5(3)11)16-2(15)1-14/h14H,1H2. The van der Waals surface area contributed by atoms with Crippen LogP contribution < -0.4 is 4.74 Å². The number of aliphatic hydroxyl groups excluding tert-OH is 1. The second-order valence-corrected chi connectivity index (χ2v) is 2.53. The zero-order chi connectivity index (χ0) is 12.5. The maximum absolute atomic E-state index is 12.8. The van der Waals surface area contributed by atoms with E-state index < -0.39 is 47.4 Å². The van der Waals surface area contributed by atoms with Gasteiger partial charge in [0.05, 0.1) is 0 Å². The Bertz CT molecular complexity index is 417. The van der Waals surface area contributed by atoms with Gasteiger partial charge in [-0.1, -0.05) is 0 Å². The summed E-state index contributed by atoms with van der Waals surface area (Å²) in [5.74, 6) is -14.7. The van der Waals surface area contributed by atoms with E-state index in [9.17, 15) is 26.7 Å². The number of benzene rings is 1. The van der Waals surface area contributed by atoms with Gasteiger partial charge in [-0.25, -0.2) is 18.0 Å². The van der Waals surface area contributed by atoms with Crippen molar-refractivity contribution in [2.45, 2.75) is 0 Å². The molecule has 0 spiro atoms. The van der Waals surface area contributed by atoms with Gasteiger partial charge in [0, 0.05) is 0 Å². The molecular weight excluding hydrogens is 239 g/mol. The lowest BCUT2D eigenvalue weighted by Crippen LogP contribution is -2.16. The van der Waals surface area contributed by atoms with Gasteiger partial charge in [-0.2, -0.15) is 8.78 Å². The second-order valence-electron chi connectivity index (χ2n) is 2.53. The molecule has 0 aromatic heterocycles. The van der Waals surface area contributed by atoms with Crippen molar-refractivity contribution >= 4 is 5.97 Å². The predicted molar refractivity (Wildman–Crippen MR) is 39.0 cm³/mol. The molecule has 0 amide bonds. The molecule has 3 nitrogen and oxygen atoms in total. The molecule has 1 aromatic carbocycles. The van der Waals surface area contributed by atoms with Crippen LogP contribution in [-0.2, 0) is 4.79 Å². The van der Waals surface area contributed by atoms with Gasteiger partial charge in [-0.15, -0.1) is 0 Å². The lowest BCUT2D eigenvalue weighted by molar-refractivity contribution is -0.137. The van der Waals surface area contributed by atoms with Crippen molar-refractivity contribution in [1.82, 2.24) is 0 Å². The summed E-state index contributed by atoms with van der Waals surface area (Å²) in [7, 11) is 0. The highest BCUT2D eigenvalue weighted by Gasteiger charge is 2.28. The van der Waals surface area contributed by atoms with Crippen molar-refractivity contribution in [3.63, 3.8) is 0 Å². The number of aliphatic hydroxyl groups is 1. The van der Waals surface area contributed by atoms with Crippen molar-refractivity contribution in [1.29, 1.82) is 0 Å². The minimum Gasteiger partial charge on any atom is -0.418 e. The van der Waals surface area contributed by atoms with E-state index in [-0.39, 0.29) is 0 Å². The lowest BCUT2D eigenvalue weighted by atomic mass is 10.2. The SMILES string of the molecule is O=C(CO)Oc1c(F)c(F)c(F)c(F)c1F. The number of carbonyl (C=O) groups excluding carboxylic acids is 1. The van der Waals surface area contributed by atoms with Crippen molar-refractivity contribution in [3.05, 3.63) is 29.1 Å². The third-order valence-electron chi connectivity index (χ3n) is 1.51. The molecule has 0 aliphatic heterocycles. The predicted octanol–water partition coefficient (Wildman–Crippen LogP) is 1.28. The van der Waals surface area contributed by atoms with Crippen molar-refractivity contribution in [2.24, 2.45) is 0 Å². The van der Waals surface area contributed by atoms with Gasteiger partial charge in [-0.05, 0) is 0 Å². The zero-order valence-corrected chi connectivity index (χ0v) is 7.36. The third kappa shape index (κ3) is 1.96. The number of hydrogen-bond acceptors (Lipinski definition) is 3. The first-order valence-corrected chi connectivity index (χ1v) is 3.73. The third-order valence-corrected chi connectivity index (χ3v) is 1.51. The Morgan fingerprint density at radius 1 is 0.938 bits per heavy atom. The smallest absolute Gasteiger partial charge is 0.337 e. The molecule has 1 N–H and O–H groups in total. The van der Waals surface area contributed by atoms with E-state index in [1.54, 1.807) is 0 Å². The fourth-order valence-corrected chi connectivity index (χ4v) is 0.820. The first-order chi connectivity index (χ1) is 7.40. The minimum absolute atomic E-state index is 1.26. The van der Waals surface area contributed by atoms with E-state index in [0.29, 0.717) is 0 Å². The van der Waals surface area contributed by atoms with Crippen molar-refractivity contribution in [2.75, 3.05) is 6.61 Å². The average molecular weight is 242 g/mol. The minimum atomic E-state index is -2.36. The van der Waals surface area contributed by atoms with E-state index in [1.807, 2.05) is 0 Å². The van der Waals surface area contributed by atoms with E-state index in [4.69, 9.17) is 5.11 Å². The number of halogens is 5. The molecule has 0 radical (unpaired) electrons. The quantitative estimate of drug-likeness (QED) is 0.279. The molecule has 0 atom stereocenters. The molecule has 0 fully saturated rings. The topological polar surface area (TPSA) is 46.5 Å². The highest BCUT2D eigenvalue weighted by molar-refractivity contribution is 5.73. The summed E-state index contributed by atoms with van der Waals surface area (Å²) in [6.07, 6.45) is 0. The Kier molecular flexibility index (Phi) is 3.43. The molecule has 0 saturated heterocycles. The van der Waals surface area contributed by atoms with E-state index in [1.165, 1.54) is 0 Å². The first-order valence-electron chi connectivity index (χ1n) is 3.73. The first kappa shape index (κ1) is 12.4.